The number of aromatic nitrogens is 2. The van der Waals surface area contributed by atoms with Crippen molar-refractivity contribution in [2.75, 3.05) is 16.0 Å². The second-order valence-corrected chi connectivity index (χ2v) is 13.7. The molecular formula is C30H27FN4O5S2. The number of phenols is 1. The summed E-state index contributed by atoms with van der Waals surface area (Å²) in [6, 6.07) is 9.19. The molecule has 0 spiro atoms. The number of sulfone groups is 1. The maximum atomic E-state index is 16.2. The molecule has 4 heterocycles. The highest BCUT2D eigenvalue weighted by Crippen LogP contribution is 2.52. The van der Waals surface area contributed by atoms with Crippen molar-refractivity contribution in [3.05, 3.63) is 105 Å². The van der Waals surface area contributed by atoms with E-state index in [0.29, 0.717) is 0 Å². The molecule has 2 aliphatic rings. The monoisotopic (exact) mass is 606 g/mol. The predicted molar refractivity (Wildman–Crippen MR) is 158 cm³/mol. The lowest BCUT2D eigenvalue weighted by Gasteiger charge is -2.37. The molecule has 0 aliphatic carbocycles. The van der Waals surface area contributed by atoms with Crippen LogP contribution in [0, 0.1) is 11.2 Å². The Morgan fingerprint density at radius 1 is 1.24 bits per heavy atom. The number of para-hydroxylation sites is 1. The molecule has 4 aromatic rings. The standard InChI is InChI=1S/C30H27FN4O5S2/c1-30(2)13-22-28(42(38,39)17-30)27(20-7-6-19(12-21(20)31)40-15-18-8-11-41-16-18)35(29(37)23-14-32-9-10-33-23)24-4-3-5-25(36)26(24)34-22/h3-12,14,16,27,34,36H,13,15,17H2,1-2H3. The van der Waals surface area contributed by atoms with Gasteiger partial charge in [-0.05, 0) is 58.5 Å². The van der Waals surface area contributed by atoms with Gasteiger partial charge in [0.05, 0.1) is 22.5 Å². The lowest BCUT2D eigenvalue weighted by atomic mass is 9.88. The van der Waals surface area contributed by atoms with Crippen molar-refractivity contribution in [2.24, 2.45) is 5.41 Å². The highest BCUT2D eigenvalue weighted by Gasteiger charge is 2.48. The topological polar surface area (TPSA) is 122 Å². The molecule has 6 rings (SSSR count). The van der Waals surface area contributed by atoms with Crippen LogP contribution < -0.4 is 15.0 Å². The number of carbonyl (C=O) groups excluding carboxylic acids is 1. The summed E-state index contributed by atoms with van der Waals surface area (Å²) in [5, 5.41) is 17.9. The molecule has 0 bridgehead atoms. The van der Waals surface area contributed by atoms with Crippen LogP contribution in [0.1, 0.15) is 47.9 Å². The van der Waals surface area contributed by atoms with E-state index in [2.05, 4.69) is 15.3 Å². The van der Waals surface area contributed by atoms with Gasteiger partial charge in [-0.1, -0.05) is 19.9 Å². The molecule has 1 atom stereocenters. The van der Waals surface area contributed by atoms with Gasteiger partial charge in [-0.15, -0.1) is 0 Å². The number of rotatable bonds is 5. The SMILES string of the molecule is CC1(C)CC2=C(C(c3ccc(OCc4ccsc4)cc3F)N(C(=O)c3cnccn3)c3cccc(O)c3N2)S(=O)(=O)C1. The van der Waals surface area contributed by atoms with E-state index in [-0.39, 0.29) is 63.5 Å². The lowest BCUT2D eigenvalue weighted by Crippen LogP contribution is -2.41. The van der Waals surface area contributed by atoms with E-state index in [0.717, 1.165) is 5.56 Å². The van der Waals surface area contributed by atoms with Crippen molar-refractivity contribution in [1.82, 2.24) is 9.97 Å². The number of hydrogen-bond donors (Lipinski definition) is 2. The lowest BCUT2D eigenvalue weighted by molar-refractivity contribution is 0.0975. The van der Waals surface area contributed by atoms with Gasteiger partial charge in [-0.25, -0.2) is 17.8 Å². The number of nitrogens with zero attached hydrogens (tertiary/aromatic N) is 3. The normalized spacial score (nSPS) is 18.8. The number of phenolic OH excluding ortho intramolecular Hbond substituents is 1. The van der Waals surface area contributed by atoms with Gasteiger partial charge in [0.25, 0.3) is 5.91 Å². The number of allylic oxidation sites excluding steroid dienone is 1. The molecule has 42 heavy (non-hydrogen) atoms. The molecule has 0 fully saturated rings. The van der Waals surface area contributed by atoms with Crippen molar-refractivity contribution >= 4 is 38.5 Å². The number of benzene rings is 2. The van der Waals surface area contributed by atoms with Crippen LogP contribution in [0.5, 0.6) is 11.5 Å². The minimum Gasteiger partial charge on any atom is -0.506 e. The summed E-state index contributed by atoms with van der Waals surface area (Å²) in [7, 11) is -4.05. The van der Waals surface area contributed by atoms with Crippen LogP contribution in [0.3, 0.4) is 0 Å². The number of anilines is 2. The molecule has 12 heteroatoms. The third kappa shape index (κ3) is 5.12. The second-order valence-electron chi connectivity index (χ2n) is 11.0. The molecule has 216 valence electrons. The zero-order valence-corrected chi connectivity index (χ0v) is 24.4. The Morgan fingerprint density at radius 3 is 2.79 bits per heavy atom. The van der Waals surface area contributed by atoms with Crippen LogP contribution in [0.15, 0.2) is 82.4 Å². The number of thiophene rings is 1. The van der Waals surface area contributed by atoms with Crippen molar-refractivity contribution in [1.29, 1.82) is 0 Å². The van der Waals surface area contributed by atoms with Crippen LogP contribution in [0.25, 0.3) is 0 Å². The average molecular weight is 607 g/mol. The van der Waals surface area contributed by atoms with Crippen molar-refractivity contribution < 1.29 is 27.4 Å². The summed E-state index contributed by atoms with van der Waals surface area (Å²) >= 11 is 1.52. The van der Waals surface area contributed by atoms with E-state index in [1.165, 1.54) is 59.1 Å². The first-order chi connectivity index (χ1) is 20.0. The quantitative estimate of drug-likeness (QED) is 0.272. The number of fused-ring (bicyclic) bond motifs is 1. The van der Waals surface area contributed by atoms with Gasteiger partial charge in [0.15, 0.2) is 9.84 Å². The number of hydrogen-bond acceptors (Lipinski definition) is 9. The number of ether oxygens (including phenoxy) is 1. The summed E-state index contributed by atoms with van der Waals surface area (Å²) in [5.74, 6) is -1.63. The average Bonchev–Trinajstić information content (AvgIpc) is 3.41. The zero-order chi connectivity index (χ0) is 29.6. The van der Waals surface area contributed by atoms with Gasteiger partial charge in [-0.3, -0.25) is 14.7 Å². The maximum Gasteiger partial charge on any atom is 0.279 e. The number of amides is 1. The Hall–Kier alpha value is -4.29. The van der Waals surface area contributed by atoms with Crippen LogP contribution in [0.2, 0.25) is 0 Å². The van der Waals surface area contributed by atoms with Gasteiger partial charge in [0.1, 0.15) is 41.3 Å². The first kappa shape index (κ1) is 27.9. The molecule has 2 N–H and O–H groups in total. The summed E-state index contributed by atoms with van der Waals surface area (Å²) in [4.78, 5) is 23.4. The third-order valence-electron chi connectivity index (χ3n) is 7.18. The highest BCUT2D eigenvalue weighted by molar-refractivity contribution is 7.95. The van der Waals surface area contributed by atoms with E-state index in [1.807, 2.05) is 30.7 Å². The van der Waals surface area contributed by atoms with E-state index in [1.54, 1.807) is 12.1 Å². The number of carbonyl (C=O) groups is 1. The van der Waals surface area contributed by atoms with Crippen molar-refractivity contribution in [3.8, 4) is 11.5 Å². The Kier molecular flexibility index (Phi) is 6.98. The smallest absolute Gasteiger partial charge is 0.279 e. The number of halogens is 1. The molecule has 1 amide bonds. The van der Waals surface area contributed by atoms with Crippen LogP contribution in [-0.2, 0) is 16.4 Å². The number of aromatic hydroxyl groups is 1. The number of nitrogens with one attached hydrogen (secondary N) is 1. The first-order valence-corrected chi connectivity index (χ1v) is 15.7. The molecule has 2 aromatic heterocycles. The molecule has 0 saturated heterocycles. The van der Waals surface area contributed by atoms with Crippen molar-refractivity contribution in [2.45, 2.75) is 32.9 Å². The fourth-order valence-electron chi connectivity index (χ4n) is 5.50. The Bertz CT molecular complexity index is 1810. The first-order valence-electron chi connectivity index (χ1n) is 13.1. The van der Waals surface area contributed by atoms with Gasteiger partial charge >= 0.3 is 0 Å². The zero-order valence-electron chi connectivity index (χ0n) is 22.7. The van der Waals surface area contributed by atoms with Crippen molar-refractivity contribution in [3.63, 3.8) is 0 Å². The molecule has 1 unspecified atom stereocenters. The Balaban J connectivity index is 1.57. The Morgan fingerprint density at radius 2 is 2.07 bits per heavy atom. The molecule has 9 nitrogen and oxygen atoms in total. The molecule has 2 aliphatic heterocycles. The predicted octanol–water partition coefficient (Wildman–Crippen LogP) is 5.83. The van der Waals surface area contributed by atoms with E-state index >= 15 is 4.39 Å². The minimum absolute atomic E-state index is 0.0519. The summed E-state index contributed by atoms with van der Waals surface area (Å²) in [5.41, 5.74) is 0.716. The van der Waals surface area contributed by atoms with E-state index in [9.17, 15) is 18.3 Å². The molecular weight excluding hydrogens is 579 g/mol. The van der Waals surface area contributed by atoms with Crippen LogP contribution in [-0.4, -0.2) is 35.2 Å². The maximum absolute atomic E-state index is 16.2. The summed E-state index contributed by atoms with van der Waals surface area (Å²) < 4.78 is 50.0. The van der Waals surface area contributed by atoms with Crippen LogP contribution in [0.4, 0.5) is 15.8 Å². The molecule has 0 saturated carbocycles. The Labute approximate surface area is 246 Å². The van der Waals surface area contributed by atoms with E-state index in [4.69, 9.17) is 4.74 Å². The third-order valence-corrected chi connectivity index (χ3v) is 10.2. The minimum atomic E-state index is -4.05. The van der Waals surface area contributed by atoms with Gasteiger partial charge in [0, 0.05) is 29.7 Å². The second kappa shape index (κ2) is 10.5. The summed E-state index contributed by atoms with van der Waals surface area (Å²) in [6.07, 6.45) is 4.28. The van der Waals surface area contributed by atoms with E-state index < -0.39 is 33.0 Å². The largest absolute Gasteiger partial charge is 0.506 e. The van der Waals surface area contributed by atoms with Gasteiger partial charge in [-0.2, -0.15) is 11.3 Å². The molecule has 0 radical (unpaired) electrons. The van der Waals surface area contributed by atoms with Gasteiger partial charge < -0.3 is 15.2 Å². The fourth-order valence-corrected chi connectivity index (χ4v) is 8.51. The van der Waals surface area contributed by atoms with Gasteiger partial charge in [0.2, 0.25) is 0 Å². The fraction of sp³-hybridized carbons (Fsp3) is 0.233. The summed E-state index contributed by atoms with van der Waals surface area (Å²) in [6.45, 7) is 3.88. The van der Waals surface area contributed by atoms with Crippen LogP contribution >= 0.6 is 11.3 Å². The highest BCUT2D eigenvalue weighted by atomic mass is 32.2. The molecule has 2 aromatic carbocycles.